The molecule has 1 atom stereocenters. The van der Waals surface area contributed by atoms with E-state index in [1.54, 1.807) is 24.3 Å². The number of rotatable bonds is 5. The van der Waals surface area contributed by atoms with Gasteiger partial charge in [0, 0.05) is 17.8 Å². The second-order valence-electron chi connectivity index (χ2n) is 3.44. The first kappa shape index (κ1) is 13.8. The number of hydrogen-bond donors (Lipinski definition) is 3. The molecule has 0 saturated heterocycles. The number of benzene rings is 1. The highest BCUT2D eigenvalue weighted by atomic mass is 35.5. The van der Waals surface area contributed by atoms with Gasteiger partial charge >= 0.3 is 6.03 Å². The standard InChI is InChI=1S/C11H15ClN2O3/c1-17-7-10(6-15)14-11(16)13-9-4-2-8(12)3-5-9/h2-5,10,15H,6-7H2,1H3,(H2,13,14,16). The second kappa shape index (κ2) is 7.11. The van der Waals surface area contributed by atoms with E-state index in [2.05, 4.69) is 10.6 Å². The minimum absolute atomic E-state index is 0.179. The number of carbonyl (C=O) groups is 1. The van der Waals surface area contributed by atoms with E-state index in [-0.39, 0.29) is 13.2 Å². The molecule has 0 aliphatic heterocycles. The number of aliphatic hydroxyl groups is 1. The van der Waals surface area contributed by atoms with Gasteiger partial charge in [0.15, 0.2) is 0 Å². The topological polar surface area (TPSA) is 70.6 Å². The highest BCUT2D eigenvalue weighted by Crippen LogP contribution is 2.13. The third kappa shape index (κ3) is 5.04. The molecule has 1 aromatic rings. The Morgan fingerprint density at radius 2 is 2.12 bits per heavy atom. The molecule has 5 nitrogen and oxygen atoms in total. The number of carbonyl (C=O) groups excluding carboxylic acids is 1. The Labute approximate surface area is 105 Å². The zero-order valence-electron chi connectivity index (χ0n) is 9.44. The van der Waals surface area contributed by atoms with Crippen LogP contribution < -0.4 is 10.6 Å². The van der Waals surface area contributed by atoms with Gasteiger partial charge in [0.05, 0.1) is 19.3 Å². The Morgan fingerprint density at radius 3 is 2.65 bits per heavy atom. The summed E-state index contributed by atoms with van der Waals surface area (Å²) in [5, 5.41) is 14.8. The van der Waals surface area contributed by atoms with Crippen LogP contribution in [0.4, 0.5) is 10.5 Å². The molecule has 2 amide bonds. The number of urea groups is 1. The lowest BCUT2D eigenvalue weighted by Gasteiger charge is -2.15. The van der Waals surface area contributed by atoms with Gasteiger partial charge in [-0.1, -0.05) is 11.6 Å². The summed E-state index contributed by atoms with van der Waals surface area (Å²) >= 11 is 5.72. The predicted octanol–water partition coefficient (Wildman–Crippen LogP) is 1.47. The highest BCUT2D eigenvalue weighted by molar-refractivity contribution is 6.30. The van der Waals surface area contributed by atoms with Crippen LogP contribution in [0.25, 0.3) is 0 Å². The van der Waals surface area contributed by atoms with E-state index in [1.807, 2.05) is 0 Å². The average molecular weight is 259 g/mol. The van der Waals surface area contributed by atoms with Crippen molar-refractivity contribution in [2.75, 3.05) is 25.6 Å². The van der Waals surface area contributed by atoms with Gasteiger partial charge in [-0.3, -0.25) is 0 Å². The van der Waals surface area contributed by atoms with Crippen molar-refractivity contribution in [2.24, 2.45) is 0 Å². The number of amides is 2. The summed E-state index contributed by atoms with van der Waals surface area (Å²) in [7, 11) is 1.50. The summed E-state index contributed by atoms with van der Waals surface area (Å²) < 4.78 is 4.84. The number of halogens is 1. The minimum Gasteiger partial charge on any atom is -0.394 e. The number of nitrogens with one attached hydrogen (secondary N) is 2. The van der Waals surface area contributed by atoms with Crippen molar-refractivity contribution in [3.05, 3.63) is 29.3 Å². The molecule has 0 fully saturated rings. The molecular weight excluding hydrogens is 244 g/mol. The maximum Gasteiger partial charge on any atom is 0.319 e. The fourth-order valence-corrected chi connectivity index (χ4v) is 1.35. The third-order valence-corrected chi connectivity index (χ3v) is 2.28. The Morgan fingerprint density at radius 1 is 1.47 bits per heavy atom. The summed E-state index contributed by atoms with van der Waals surface area (Å²) in [6.45, 7) is 0.0758. The van der Waals surface area contributed by atoms with Gasteiger partial charge < -0.3 is 20.5 Å². The zero-order valence-corrected chi connectivity index (χ0v) is 10.2. The molecule has 0 heterocycles. The smallest absolute Gasteiger partial charge is 0.319 e. The molecule has 0 bridgehead atoms. The molecule has 0 aromatic heterocycles. The van der Waals surface area contributed by atoms with Gasteiger partial charge in [-0.25, -0.2) is 4.79 Å². The van der Waals surface area contributed by atoms with E-state index in [9.17, 15) is 4.79 Å². The van der Waals surface area contributed by atoms with Crippen molar-refractivity contribution in [1.82, 2.24) is 5.32 Å². The number of ether oxygens (including phenoxy) is 1. The number of anilines is 1. The van der Waals surface area contributed by atoms with Gasteiger partial charge in [-0.15, -0.1) is 0 Å². The predicted molar refractivity (Wildman–Crippen MR) is 66.4 cm³/mol. The Bertz CT molecular complexity index is 356. The van der Waals surface area contributed by atoms with Crippen LogP contribution in [0.3, 0.4) is 0 Å². The van der Waals surface area contributed by atoms with Crippen molar-refractivity contribution in [2.45, 2.75) is 6.04 Å². The van der Waals surface area contributed by atoms with Crippen LogP contribution >= 0.6 is 11.6 Å². The maximum absolute atomic E-state index is 11.5. The van der Waals surface area contributed by atoms with E-state index in [4.69, 9.17) is 21.4 Å². The monoisotopic (exact) mass is 258 g/mol. The van der Waals surface area contributed by atoms with Gasteiger partial charge in [0.1, 0.15) is 0 Å². The lowest BCUT2D eigenvalue weighted by atomic mass is 10.3. The normalized spacial score (nSPS) is 11.9. The van der Waals surface area contributed by atoms with Gasteiger partial charge in [0.2, 0.25) is 0 Å². The largest absolute Gasteiger partial charge is 0.394 e. The van der Waals surface area contributed by atoms with E-state index >= 15 is 0 Å². The van der Waals surface area contributed by atoms with E-state index in [0.717, 1.165) is 0 Å². The molecule has 1 unspecified atom stereocenters. The van der Waals surface area contributed by atoms with Crippen molar-refractivity contribution in [1.29, 1.82) is 0 Å². The van der Waals surface area contributed by atoms with Gasteiger partial charge in [-0.2, -0.15) is 0 Å². The zero-order chi connectivity index (χ0) is 12.7. The van der Waals surface area contributed by atoms with Crippen LogP contribution in [0.1, 0.15) is 0 Å². The van der Waals surface area contributed by atoms with Crippen molar-refractivity contribution >= 4 is 23.3 Å². The Kier molecular flexibility index (Phi) is 5.76. The molecule has 0 saturated carbocycles. The summed E-state index contributed by atoms with van der Waals surface area (Å²) in [6.07, 6.45) is 0. The van der Waals surface area contributed by atoms with E-state index in [0.29, 0.717) is 10.7 Å². The quantitative estimate of drug-likeness (QED) is 0.749. The van der Waals surface area contributed by atoms with Gasteiger partial charge in [-0.05, 0) is 24.3 Å². The van der Waals surface area contributed by atoms with Crippen LogP contribution in [0, 0.1) is 0 Å². The Balaban J connectivity index is 2.46. The third-order valence-electron chi connectivity index (χ3n) is 2.03. The number of methoxy groups -OCH3 is 1. The van der Waals surface area contributed by atoms with Crippen LogP contribution in [-0.4, -0.2) is 37.5 Å². The maximum atomic E-state index is 11.5. The van der Waals surface area contributed by atoms with Crippen molar-refractivity contribution < 1.29 is 14.6 Å². The first-order chi connectivity index (χ1) is 8.15. The fraction of sp³-hybridized carbons (Fsp3) is 0.364. The molecular formula is C11H15ClN2O3. The van der Waals surface area contributed by atoms with Crippen LogP contribution in [0.15, 0.2) is 24.3 Å². The van der Waals surface area contributed by atoms with E-state index < -0.39 is 12.1 Å². The average Bonchev–Trinajstić information content (AvgIpc) is 2.31. The van der Waals surface area contributed by atoms with Crippen LogP contribution in [0.2, 0.25) is 5.02 Å². The van der Waals surface area contributed by atoms with Crippen LogP contribution in [-0.2, 0) is 4.74 Å². The number of hydrogen-bond acceptors (Lipinski definition) is 3. The minimum atomic E-state index is -0.424. The summed E-state index contributed by atoms with van der Waals surface area (Å²) in [6, 6.07) is 5.90. The molecule has 1 rings (SSSR count). The first-order valence-electron chi connectivity index (χ1n) is 5.08. The SMILES string of the molecule is COCC(CO)NC(=O)Nc1ccc(Cl)cc1. The molecule has 6 heteroatoms. The summed E-state index contributed by atoms with van der Waals surface area (Å²) in [5.74, 6) is 0. The lowest BCUT2D eigenvalue weighted by Crippen LogP contribution is -2.42. The lowest BCUT2D eigenvalue weighted by molar-refractivity contribution is 0.132. The molecule has 3 N–H and O–H groups in total. The number of aliphatic hydroxyl groups excluding tert-OH is 1. The van der Waals surface area contributed by atoms with Crippen LogP contribution in [0.5, 0.6) is 0 Å². The molecule has 0 radical (unpaired) electrons. The van der Waals surface area contributed by atoms with Gasteiger partial charge in [0.25, 0.3) is 0 Å². The van der Waals surface area contributed by atoms with Crippen molar-refractivity contribution in [3.8, 4) is 0 Å². The molecule has 0 aliphatic carbocycles. The van der Waals surface area contributed by atoms with Crippen molar-refractivity contribution in [3.63, 3.8) is 0 Å². The summed E-state index contributed by atoms with van der Waals surface area (Å²) in [5.41, 5.74) is 0.626. The molecule has 94 valence electrons. The molecule has 17 heavy (non-hydrogen) atoms. The molecule has 1 aromatic carbocycles. The molecule has 0 spiro atoms. The molecule has 0 aliphatic rings. The highest BCUT2D eigenvalue weighted by Gasteiger charge is 2.10. The van der Waals surface area contributed by atoms with E-state index in [1.165, 1.54) is 7.11 Å². The second-order valence-corrected chi connectivity index (χ2v) is 3.88. The fourth-order valence-electron chi connectivity index (χ4n) is 1.23. The summed E-state index contributed by atoms with van der Waals surface area (Å²) in [4.78, 5) is 11.5. The first-order valence-corrected chi connectivity index (χ1v) is 5.46. The Hall–Kier alpha value is -1.30.